The number of nitrogens with one attached hydrogen (secondary N) is 1. The molecule has 0 aliphatic heterocycles. The van der Waals surface area contributed by atoms with Crippen LogP contribution in [0.25, 0.3) is 0 Å². The molecule has 19 heavy (non-hydrogen) atoms. The first-order valence-corrected chi connectivity index (χ1v) is 7.61. The van der Waals surface area contributed by atoms with E-state index in [-0.39, 0.29) is 0 Å². The summed E-state index contributed by atoms with van der Waals surface area (Å²) in [6.45, 7) is 9.44. The first-order chi connectivity index (χ1) is 9.10. The van der Waals surface area contributed by atoms with Crippen LogP contribution in [-0.4, -0.2) is 29.0 Å². The van der Waals surface area contributed by atoms with Crippen LogP contribution in [-0.2, 0) is 6.54 Å². The highest BCUT2D eigenvalue weighted by atomic mass is 35.5. The molecule has 1 aliphatic rings. The normalized spacial score (nSPS) is 15.3. The highest BCUT2D eigenvalue weighted by Gasteiger charge is 2.26. The van der Waals surface area contributed by atoms with Crippen LogP contribution in [0.4, 0.5) is 5.82 Å². The van der Waals surface area contributed by atoms with Crippen LogP contribution in [0.15, 0.2) is 12.1 Å². The molecule has 1 fully saturated rings. The zero-order chi connectivity index (χ0) is 13.8. The maximum absolute atomic E-state index is 6.28. The van der Waals surface area contributed by atoms with Gasteiger partial charge in [-0.05, 0) is 51.7 Å². The van der Waals surface area contributed by atoms with Crippen molar-refractivity contribution in [3.63, 3.8) is 0 Å². The fourth-order valence-electron chi connectivity index (χ4n) is 2.16. The number of hydrogen-bond acceptors (Lipinski definition) is 3. The predicted molar refractivity (Wildman–Crippen MR) is 81.7 cm³/mol. The Bertz CT molecular complexity index is 416. The first-order valence-electron chi connectivity index (χ1n) is 7.23. The summed E-state index contributed by atoms with van der Waals surface area (Å²) in [6, 6.07) is 4.41. The van der Waals surface area contributed by atoms with Crippen molar-refractivity contribution in [1.82, 2.24) is 9.88 Å². The molecule has 1 aromatic heterocycles. The molecule has 0 atom stereocenters. The molecule has 1 aromatic rings. The molecule has 3 nitrogen and oxygen atoms in total. The summed E-state index contributed by atoms with van der Waals surface area (Å²) in [5.41, 5.74) is 0.981. The molecule has 4 heteroatoms. The zero-order valence-electron chi connectivity index (χ0n) is 12.1. The van der Waals surface area contributed by atoms with E-state index in [1.165, 1.54) is 19.4 Å². The summed E-state index contributed by atoms with van der Waals surface area (Å²) in [6.07, 6.45) is 2.75. The van der Waals surface area contributed by atoms with E-state index in [2.05, 4.69) is 36.0 Å². The Hall–Kier alpha value is -0.800. The van der Waals surface area contributed by atoms with E-state index in [1.807, 2.05) is 12.1 Å². The molecule has 1 aliphatic carbocycles. The molecule has 0 aromatic carbocycles. The van der Waals surface area contributed by atoms with Crippen LogP contribution in [0.5, 0.6) is 0 Å². The van der Waals surface area contributed by atoms with Crippen molar-refractivity contribution in [3.8, 4) is 0 Å². The lowest BCUT2D eigenvalue weighted by Crippen LogP contribution is -2.32. The van der Waals surface area contributed by atoms with Gasteiger partial charge in [-0.1, -0.05) is 11.6 Å². The summed E-state index contributed by atoms with van der Waals surface area (Å²) in [7, 11) is 0. The van der Waals surface area contributed by atoms with Gasteiger partial charge in [-0.15, -0.1) is 0 Å². The highest BCUT2D eigenvalue weighted by Crippen LogP contribution is 2.31. The van der Waals surface area contributed by atoms with Crippen LogP contribution in [0.3, 0.4) is 0 Å². The largest absolute Gasteiger partial charge is 0.370 e. The molecular weight excluding hydrogens is 258 g/mol. The summed E-state index contributed by atoms with van der Waals surface area (Å²) >= 11 is 6.28. The second kappa shape index (κ2) is 6.58. The van der Waals surface area contributed by atoms with Crippen molar-refractivity contribution in [2.45, 2.75) is 46.2 Å². The molecule has 0 bridgehead atoms. The van der Waals surface area contributed by atoms with Gasteiger partial charge in [0.05, 0.1) is 10.7 Å². The van der Waals surface area contributed by atoms with Gasteiger partial charge in [0.2, 0.25) is 0 Å². The molecule has 0 amide bonds. The van der Waals surface area contributed by atoms with Crippen molar-refractivity contribution in [2.75, 3.05) is 18.4 Å². The average molecular weight is 282 g/mol. The Kier molecular flexibility index (Phi) is 5.06. The number of nitrogens with zero attached hydrogens (tertiary/aromatic N) is 2. The number of anilines is 1. The fraction of sp³-hybridized carbons (Fsp3) is 0.667. The smallest absolute Gasteiger partial charge is 0.126 e. The van der Waals surface area contributed by atoms with E-state index in [4.69, 9.17) is 11.6 Å². The zero-order valence-corrected chi connectivity index (χ0v) is 12.9. The third kappa shape index (κ3) is 4.36. The first kappa shape index (κ1) is 14.6. The maximum Gasteiger partial charge on any atom is 0.126 e. The third-order valence-electron chi connectivity index (χ3n) is 3.55. The van der Waals surface area contributed by atoms with E-state index in [0.29, 0.717) is 6.04 Å². The lowest BCUT2D eigenvalue weighted by atomic mass is 10.2. The lowest BCUT2D eigenvalue weighted by Gasteiger charge is -2.26. The van der Waals surface area contributed by atoms with Crippen LogP contribution in [0, 0.1) is 5.92 Å². The van der Waals surface area contributed by atoms with Gasteiger partial charge in [-0.2, -0.15) is 0 Å². The number of hydrogen-bond donors (Lipinski definition) is 1. The fourth-order valence-corrected chi connectivity index (χ4v) is 2.32. The molecule has 1 heterocycles. The maximum atomic E-state index is 6.28. The van der Waals surface area contributed by atoms with Crippen molar-refractivity contribution in [2.24, 2.45) is 5.92 Å². The Morgan fingerprint density at radius 1 is 1.42 bits per heavy atom. The van der Waals surface area contributed by atoms with E-state index in [0.717, 1.165) is 35.5 Å². The van der Waals surface area contributed by atoms with Gasteiger partial charge in [0, 0.05) is 25.7 Å². The molecule has 0 radical (unpaired) electrons. The van der Waals surface area contributed by atoms with Gasteiger partial charge in [0.1, 0.15) is 5.82 Å². The van der Waals surface area contributed by atoms with Gasteiger partial charge in [0.25, 0.3) is 0 Å². The topological polar surface area (TPSA) is 28.2 Å². The number of aromatic nitrogens is 1. The SMILES string of the molecule is CCNc1ccc(Cl)c(CN(CC2CC2)C(C)C)n1. The molecule has 0 unspecified atom stereocenters. The van der Waals surface area contributed by atoms with Crippen LogP contribution in [0.2, 0.25) is 5.02 Å². The van der Waals surface area contributed by atoms with E-state index in [1.54, 1.807) is 0 Å². The Morgan fingerprint density at radius 2 is 2.16 bits per heavy atom. The summed E-state index contributed by atoms with van der Waals surface area (Å²) in [5, 5.41) is 4.01. The van der Waals surface area contributed by atoms with Crippen molar-refractivity contribution in [3.05, 3.63) is 22.8 Å². The van der Waals surface area contributed by atoms with Crippen molar-refractivity contribution < 1.29 is 0 Å². The van der Waals surface area contributed by atoms with Crippen molar-refractivity contribution >= 4 is 17.4 Å². The number of rotatable bonds is 7. The average Bonchev–Trinajstić information content (AvgIpc) is 3.16. The molecule has 1 N–H and O–H groups in total. The Morgan fingerprint density at radius 3 is 2.74 bits per heavy atom. The third-order valence-corrected chi connectivity index (χ3v) is 3.89. The van der Waals surface area contributed by atoms with E-state index >= 15 is 0 Å². The second-order valence-corrected chi connectivity index (χ2v) is 6.03. The predicted octanol–water partition coefficient (Wildman–Crippen LogP) is 3.79. The molecular formula is C15H24ClN3. The van der Waals surface area contributed by atoms with E-state index in [9.17, 15) is 0 Å². The second-order valence-electron chi connectivity index (χ2n) is 5.62. The molecule has 2 rings (SSSR count). The molecule has 0 spiro atoms. The van der Waals surface area contributed by atoms with Gasteiger partial charge in [-0.3, -0.25) is 4.90 Å². The van der Waals surface area contributed by atoms with Gasteiger partial charge < -0.3 is 5.32 Å². The highest BCUT2D eigenvalue weighted by molar-refractivity contribution is 6.31. The van der Waals surface area contributed by atoms with Crippen molar-refractivity contribution in [1.29, 1.82) is 0 Å². The monoisotopic (exact) mass is 281 g/mol. The molecule has 1 saturated carbocycles. The van der Waals surface area contributed by atoms with Gasteiger partial charge in [-0.25, -0.2) is 4.98 Å². The van der Waals surface area contributed by atoms with Gasteiger partial charge >= 0.3 is 0 Å². The Labute approximate surface area is 121 Å². The summed E-state index contributed by atoms with van der Waals surface area (Å²) in [4.78, 5) is 7.10. The molecule has 106 valence electrons. The number of pyridine rings is 1. The van der Waals surface area contributed by atoms with Crippen LogP contribution in [0.1, 0.15) is 39.3 Å². The van der Waals surface area contributed by atoms with Gasteiger partial charge in [0.15, 0.2) is 0 Å². The number of halogens is 1. The minimum atomic E-state index is 0.529. The lowest BCUT2D eigenvalue weighted by molar-refractivity contribution is 0.201. The summed E-state index contributed by atoms with van der Waals surface area (Å²) in [5.74, 6) is 1.80. The Balaban J connectivity index is 2.07. The quantitative estimate of drug-likeness (QED) is 0.824. The molecule has 0 saturated heterocycles. The minimum absolute atomic E-state index is 0.529. The minimum Gasteiger partial charge on any atom is -0.370 e. The van der Waals surface area contributed by atoms with Crippen LogP contribution < -0.4 is 5.32 Å². The summed E-state index contributed by atoms with van der Waals surface area (Å²) < 4.78 is 0. The van der Waals surface area contributed by atoms with E-state index < -0.39 is 0 Å². The van der Waals surface area contributed by atoms with Crippen LogP contribution >= 0.6 is 11.6 Å². The standard InChI is InChI=1S/C15H24ClN3/c1-4-17-15-8-7-13(16)14(18-15)10-19(11(2)3)9-12-5-6-12/h7-8,11-12H,4-6,9-10H2,1-3H3,(H,17,18).